The molecule has 0 saturated carbocycles. The summed E-state index contributed by atoms with van der Waals surface area (Å²) in [6.07, 6.45) is 0.0354. The van der Waals surface area contributed by atoms with Crippen LogP contribution in [0.2, 0.25) is 0 Å². The van der Waals surface area contributed by atoms with E-state index in [9.17, 15) is 9.59 Å². The lowest BCUT2D eigenvalue weighted by molar-refractivity contribution is 0.0933. The molecule has 1 amide bonds. The third-order valence-corrected chi connectivity index (χ3v) is 3.31. The molecule has 7 nitrogen and oxygen atoms in total. The van der Waals surface area contributed by atoms with Gasteiger partial charge in [0, 0.05) is 6.07 Å². The van der Waals surface area contributed by atoms with Crippen LogP contribution in [0.15, 0.2) is 35.1 Å². The van der Waals surface area contributed by atoms with Gasteiger partial charge >= 0.3 is 0 Å². The van der Waals surface area contributed by atoms with E-state index in [0.29, 0.717) is 11.5 Å². The SMILES string of the molecule is COc1cc([C@H](C)NC(=O)c2ccc(=O)[nH]n2)ccc1OC(C)C. The molecule has 128 valence electrons. The zero-order valence-corrected chi connectivity index (χ0v) is 14.1. The molecular weight excluding hydrogens is 310 g/mol. The van der Waals surface area contributed by atoms with Crippen molar-refractivity contribution in [1.29, 1.82) is 0 Å². The number of aromatic nitrogens is 2. The number of H-pyrrole nitrogens is 1. The number of rotatable bonds is 6. The highest BCUT2D eigenvalue weighted by Gasteiger charge is 2.15. The molecule has 0 aliphatic rings. The molecule has 0 bridgehead atoms. The minimum atomic E-state index is -0.375. The molecule has 2 N–H and O–H groups in total. The molecule has 1 aromatic heterocycles. The summed E-state index contributed by atoms with van der Waals surface area (Å²) in [5, 5.41) is 8.77. The number of carbonyl (C=O) groups excluding carboxylic acids is 1. The third kappa shape index (κ3) is 4.34. The summed E-state index contributed by atoms with van der Waals surface area (Å²) in [5.41, 5.74) is 0.652. The maximum atomic E-state index is 12.2. The van der Waals surface area contributed by atoms with Crippen molar-refractivity contribution in [1.82, 2.24) is 15.5 Å². The van der Waals surface area contributed by atoms with E-state index in [2.05, 4.69) is 15.5 Å². The number of hydrogen-bond donors (Lipinski definition) is 2. The van der Waals surface area contributed by atoms with Crippen molar-refractivity contribution in [2.75, 3.05) is 7.11 Å². The van der Waals surface area contributed by atoms with Gasteiger partial charge in [-0.3, -0.25) is 9.59 Å². The quantitative estimate of drug-likeness (QED) is 0.845. The van der Waals surface area contributed by atoms with Gasteiger partial charge in [0.1, 0.15) is 5.69 Å². The van der Waals surface area contributed by atoms with Gasteiger partial charge in [-0.2, -0.15) is 5.10 Å². The first-order valence-electron chi connectivity index (χ1n) is 7.62. The summed E-state index contributed by atoms with van der Waals surface area (Å²) in [7, 11) is 1.57. The fourth-order valence-electron chi connectivity index (χ4n) is 2.13. The van der Waals surface area contributed by atoms with Gasteiger partial charge in [0.15, 0.2) is 11.5 Å². The number of amides is 1. The molecule has 0 radical (unpaired) electrons. The first-order chi connectivity index (χ1) is 11.4. The van der Waals surface area contributed by atoms with Crippen molar-refractivity contribution < 1.29 is 14.3 Å². The van der Waals surface area contributed by atoms with Gasteiger partial charge in [0.05, 0.1) is 19.3 Å². The van der Waals surface area contributed by atoms with Crippen molar-refractivity contribution >= 4 is 5.91 Å². The molecule has 0 unspecified atom stereocenters. The Bertz CT molecular complexity index is 750. The molecule has 0 fully saturated rings. The van der Waals surface area contributed by atoms with Crippen LogP contribution >= 0.6 is 0 Å². The second kappa shape index (κ2) is 7.63. The van der Waals surface area contributed by atoms with Gasteiger partial charge in [-0.05, 0) is 44.5 Å². The van der Waals surface area contributed by atoms with E-state index in [1.807, 2.05) is 39.0 Å². The van der Waals surface area contributed by atoms with E-state index in [1.165, 1.54) is 12.1 Å². The number of hydrogen-bond acceptors (Lipinski definition) is 5. The van der Waals surface area contributed by atoms with Gasteiger partial charge in [-0.1, -0.05) is 6.07 Å². The Morgan fingerprint density at radius 2 is 1.92 bits per heavy atom. The standard InChI is InChI=1S/C17H21N3O4/c1-10(2)24-14-7-5-12(9-15(14)23-4)11(3)18-17(22)13-6-8-16(21)20-19-13/h5-11H,1-4H3,(H,18,22)(H,20,21)/t11-/m0/s1. The highest BCUT2D eigenvalue weighted by atomic mass is 16.5. The Morgan fingerprint density at radius 3 is 2.50 bits per heavy atom. The average molecular weight is 331 g/mol. The van der Waals surface area contributed by atoms with Crippen LogP contribution in [0, 0.1) is 0 Å². The number of benzene rings is 1. The summed E-state index contributed by atoms with van der Waals surface area (Å²) in [4.78, 5) is 23.1. The average Bonchev–Trinajstić information content (AvgIpc) is 2.55. The number of aromatic amines is 1. The molecule has 2 aromatic rings. The molecule has 1 atom stereocenters. The predicted octanol–water partition coefficient (Wildman–Crippen LogP) is 2.06. The minimum Gasteiger partial charge on any atom is -0.493 e. The molecule has 0 saturated heterocycles. The van der Waals surface area contributed by atoms with E-state index in [1.54, 1.807) is 7.11 Å². The van der Waals surface area contributed by atoms with Crippen LogP contribution in [0.1, 0.15) is 42.9 Å². The summed E-state index contributed by atoms with van der Waals surface area (Å²) in [5.74, 6) is 0.877. The van der Waals surface area contributed by atoms with Crippen molar-refractivity contribution in [2.24, 2.45) is 0 Å². The largest absolute Gasteiger partial charge is 0.493 e. The molecule has 1 aromatic carbocycles. The topological polar surface area (TPSA) is 93.3 Å². The fraction of sp³-hybridized carbons (Fsp3) is 0.353. The van der Waals surface area contributed by atoms with Gasteiger partial charge in [-0.15, -0.1) is 0 Å². The lowest BCUT2D eigenvalue weighted by Gasteiger charge is -2.18. The van der Waals surface area contributed by atoms with Gasteiger partial charge in [0.25, 0.3) is 11.5 Å². The second-order valence-corrected chi connectivity index (χ2v) is 5.58. The summed E-state index contributed by atoms with van der Waals surface area (Å²) in [6, 6.07) is 7.87. The van der Waals surface area contributed by atoms with Crippen molar-refractivity contribution in [2.45, 2.75) is 32.9 Å². The molecule has 24 heavy (non-hydrogen) atoms. The van der Waals surface area contributed by atoms with Crippen LogP contribution in [0.3, 0.4) is 0 Å². The molecule has 2 rings (SSSR count). The minimum absolute atomic E-state index is 0.0354. The Labute approximate surface area is 140 Å². The number of nitrogens with zero attached hydrogens (tertiary/aromatic N) is 1. The molecule has 0 aliphatic carbocycles. The maximum Gasteiger partial charge on any atom is 0.272 e. The monoisotopic (exact) mass is 331 g/mol. The van der Waals surface area contributed by atoms with Gasteiger partial charge in [-0.25, -0.2) is 5.10 Å². The lowest BCUT2D eigenvalue weighted by atomic mass is 10.1. The smallest absolute Gasteiger partial charge is 0.272 e. The van der Waals surface area contributed by atoms with Crippen molar-refractivity contribution in [3.63, 3.8) is 0 Å². The lowest BCUT2D eigenvalue weighted by Crippen LogP contribution is -2.28. The Balaban J connectivity index is 2.14. The zero-order valence-electron chi connectivity index (χ0n) is 14.1. The third-order valence-electron chi connectivity index (χ3n) is 3.31. The fourth-order valence-corrected chi connectivity index (χ4v) is 2.13. The van der Waals surface area contributed by atoms with Crippen LogP contribution in [-0.2, 0) is 0 Å². The van der Waals surface area contributed by atoms with Crippen LogP contribution in [0.25, 0.3) is 0 Å². The van der Waals surface area contributed by atoms with Crippen LogP contribution in [-0.4, -0.2) is 29.3 Å². The van der Waals surface area contributed by atoms with Crippen LogP contribution in [0.5, 0.6) is 11.5 Å². The molecule has 0 spiro atoms. The molecular formula is C17H21N3O4. The summed E-state index contributed by atoms with van der Waals surface area (Å²) in [6.45, 7) is 5.72. The van der Waals surface area contributed by atoms with E-state index in [4.69, 9.17) is 9.47 Å². The van der Waals surface area contributed by atoms with E-state index in [0.717, 1.165) is 5.56 Å². The van der Waals surface area contributed by atoms with Crippen LogP contribution < -0.4 is 20.3 Å². The number of methoxy groups -OCH3 is 1. The van der Waals surface area contributed by atoms with Gasteiger partial charge < -0.3 is 14.8 Å². The number of carbonyl (C=O) groups is 1. The van der Waals surface area contributed by atoms with E-state index < -0.39 is 0 Å². The Hall–Kier alpha value is -2.83. The van der Waals surface area contributed by atoms with E-state index >= 15 is 0 Å². The van der Waals surface area contributed by atoms with Gasteiger partial charge in [0.2, 0.25) is 0 Å². The normalized spacial score (nSPS) is 11.9. The highest BCUT2D eigenvalue weighted by molar-refractivity contribution is 5.92. The number of ether oxygens (including phenoxy) is 2. The van der Waals surface area contributed by atoms with Crippen molar-refractivity contribution in [3.05, 3.63) is 51.9 Å². The first-order valence-corrected chi connectivity index (χ1v) is 7.62. The molecule has 0 aliphatic heterocycles. The number of nitrogens with one attached hydrogen (secondary N) is 2. The summed E-state index contributed by atoms with van der Waals surface area (Å²) >= 11 is 0. The van der Waals surface area contributed by atoms with Crippen LogP contribution in [0.4, 0.5) is 0 Å². The predicted molar refractivity (Wildman–Crippen MR) is 89.5 cm³/mol. The summed E-state index contributed by atoms with van der Waals surface area (Å²) < 4.78 is 11.0. The maximum absolute atomic E-state index is 12.2. The second-order valence-electron chi connectivity index (χ2n) is 5.58. The highest BCUT2D eigenvalue weighted by Crippen LogP contribution is 2.31. The zero-order chi connectivity index (χ0) is 17.7. The van der Waals surface area contributed by atoms with Crippen molar-refractivity contribution in [3.8, 4) is 11.5 Å². The van der Waals surface area contributed by atoms with E-state index in [-0.39, 0.29) is 29.3 Å². The Kier molecular flexibility index (Phi) is 5.57. The Morgan fingerprint density at radius 1 is 1.17 bits per heavy atom. The molecule has 1 heterocycles. The molecule has 7 heteroatoms. The first kappa shape index (κ1) is 17.5.